The highest BCUT2D eigenvalue weighted by Gasteiger charge is 2.48. The number of carbonyl (C=O) groups excluding carboxylic acids is 2. The Bertz CT molecular complexity index is 1860. The van der Waals surface area contributed by atoms with Gasteiger partial charge in [-0.25, -0.2) is 4.98 Å². The molecule has 1 aliphatic rings. The van der Waals surface area contributed by atoms with Crippen molar-refractivity contribution in [2.24, 2.45) is 0 Å². The van der Waals surface area contributed by atoms with Crippen LogP contribution in [0.5, 0.6) is 11.5 Å². The first-order valence-electron chi connectivity index (χ1n) is 14.5. The fourth-order valence-corrected chi connectivity index (χ4v) is 6.55. The molecule has 6 rings (SSSR count). The maximum absolute atomic E-state index is 13.7. The molecule has 0 saturated carbocycles. The van der Waals surface area contributed by atoms with Crippen LogP contribution < -0.4 is 14.4 Å². The number of hydrogen-bond acceptors (Lipinski definition) is 7. The number of thiazole rings is 1. The summed E-state index contributed by atoms with van der Waals surface area (Å²) in [5.41, 5.74) is 4.95. The normalized spacial score (nSPS) is 16.1. The van der Waals surface area contributed by atoms with Crippen LogP contribution in [0.1, 0.15) is 47.2 Å². The van der Waals surface area contributed by atoms with E-state index in [1.807, 2.05) is 87.5 Å². The summed E-state index contributed by atoms with van der Waals surface area (Å²) >= 11 is 1.35. The summed E-state index contributed by atoms with van der Waals surface area (Å²) in [5.74, 6) is -0.460. The first kappa shape index (κ1) is 29.1. The van der Waals surface area contributed by atoms with Crippen LogP contribution in [-0.2, 0) is 16.2 Å². The number of hydrogen-bond donors (Lipinski definition) is 1. The average Bonchev–Trinajstić information content (AvgIpc) is 3.57. The quantitative estimate of drug-likeness (QED) is 0.105. The van der Waals surface area contributed by atoms with Crippen molar-refractivity contribution in [3.05, 3.63) is 124 Å². The minimum atomic E-state index is -0.892. The first-order chi connectivity index (χ1) is 21.3. The number of ketones is 1. The number of nitrogens with zero attached hydrogens (tertiary/aromatic N) is 2. The summed E-state index contributed by atoms with van der Waals surface area (Å²) in [5, 5.41) is 12.0. The van der Waals surface area contributed by atoms with E-state index in [0.717, 1.165) is 33.3 Å². The Balaban J connectivity index is 1.42. The number of rotatable bonds is 9. The van der Waals surface area contributed by atoms with Gasteiger partial charge in [0.1, 0.15) is 23.9 Å². The van der Waals surface area contributed by atoms with Crippen molar-refractivity contribution >= 4 is 44.1 Å². The van der Waals surface area contributed by atoms with E-state index in [9.17, 15) is 14.7 Å². The summed E-state index contributed by atoms with van der Waals surface area (Å²) in [6, 6.07) is 27.2. The van der Waals surface area contributed by atoms with Crippen molar-refractivity contribution in [2.75, 3.05) is 11.5 Å². The number of aryl methyl sites for hydroxylation is 2. The van der Waals surface area contributed by atoms with Crippen molar-refractivity contribution in [1.82, 2.24) is 4.98 Å². The maximum Gasteiger partial charge on any atom is 0.301 e. The van der Waals surface area contributed by atoms with Gasteiger partial charge in [0.15, 0.2) is 5.13 Å². The molecular weight excluding hydrogens is 572 g/mol. The van der Waals surface area contributed by atoms with Crippen LogP contribution in [0.2, 0.25) is 0 Å². The van der Waals surface area contributed by atoms with Gasteiger partial charge >= 0.3 is 5.91 Å². The van der Waals surface area contributed by atoms with Crippen molar-refractivity contribution in [1.29, 1.82) is 0 Å². The lowest BCUT2D eigenvalue weighted by Gasteiger charge is -2.23. The molecule has 1 aliphatic heterocycles. The van der Waals surface area contributed by atoms with E-state index in [4.69, 9.17) is 14.5 Å². The second-order valence-electron chi connectivity index (χ2n) is 10.8. The zero-order chi connectivity index (χ0) is 30.8. The number of benzene rings is 4. The van der Waals surface area contributed by atoms with Gasteiger partial charge in [-0.3, -0.25) is 14.5 Å². The van der Waals surface area contributed by atoms with E-state index in [0.29, 0.717) is 41.0 Å². The molecule has 1 unspecified atom stereocenters. The molecule has 5 aromatic rings. The van der Waals surface area contributed by atoms with Gasteiger partial charge < -0.3 is 14.6 Å². The largest absolute Gasteiger partial charge is 0.507 e. The van der Waals surface area contributed by atoms with Crippen LogP contribution >= 0.6 is 11.3 Å². The predicted molar refractivity (Wildman–Crippen MR) is 173 cm³/mol. The van der Waals surface area contributed by atoms with Crippen LogP contribution in [0.25, 0.3) is 16.0 Å². The second-order valence-corrected chi connectivity index (χ2v) is 11.8. The Morgan fingerprint density at radius 2 is 1.59 bits per heavy atom. The number of Topliss-reactive ketones (excluding diaryl/α,β-unsaturated/α-hetero) is 1. The number of amides is 1. The van der Waals surface area contributed by atoms with E-state index >= 15 is 0 Å². The van der Waals surface area contributed by atoms with Gasteiger partial charge in [0, 0.05) is 5.56 Å². The Labute approximate surface area is 260 Å². The number of ether oxygens (including phenoxy) is 2. The molecule has 44 heavy (non-hydrogen) atoms. The molecule has 1 saturated heterocycles. The van der Waals surface area contributed by atoms with E-state index in [2.05, 4.69) is 0 Å². The molecule has 8 heteroatoms. The molecule has 1 N–H and O–H groups in total. The highest BCUT2D eigenvalue weighted by molar-refractivity contribution is 7.22. The van der Waals surface area contributed by atoms with Crippen LogP contribution in [0.15, 0.2) is 96.6 Å². The van der Waals surface area contributed by atoms with Gasteiger partial charge in [-0.2, -0.15) is 0 Å². The number of aromatic nitrogens is 1. The van der Waals surface area contributed by atoms with Crippen molar-refractivity contribution < 1.29 is 24.2 Å². The zero-order valence-corrected chi connectivity index (χ0v) is 25.6. The molecule has 0 radical (unpaired) electrons. The summed E-state index contributed by atoms with van der Waals surface area (Å²) in [4.78, 5) is 33.6. The van der Waals surface area contributed by atoms with Gasteiger partial charge in [0.2, 0.25) is 0 Å². The molecule has 1 atom stereocenters. The van der Waals surface area contributed by atoms with E-state index in [1.165, 1.54) is 16.2 Å². The number of fused-ring (bicyclic) bond motifs is 1. The van der Waals surface area contributed by atoms with Crippen LogP contribution in [0, 0.1) is 13.8 Å². The molecule has 2 heterocycles. The fraction of sp³-hybridized carbons (Fsp3) is 0.194. The minimum Gasteiger partial charge on any atom is -0.507 e. The molecule has 4 aromatic carbocycles. The monoisotopic (exact) mass is 604 g/mol. The lowest BCUT2D eigenvalue weighted by atomic mass is 9.95. The van der Waals surface area contributed by atoms with E-state index < -0.39 is 17.7 Å². The third kappa shape index (κ3) is 5.68. The minimum absolute atomic E-state index is 0.00217. The van der Waals surface area contributed by atoms with Gasteiger partial charge in [-0.1, -0.05) is 66.8 Å². The number of carbonyl (C=O) groups is 2. The van der Waals surface area contributed by atoms with Gasteiger partial charge in [0.25, 0.3) is 5.78 Å². The molecule has 0 bridgehead atoms. The molecule has 0 spiro atoms. The van der Waals surface area contributed by atoms with Gasteiger partial charge in [0.05, 0.1) is 28.4 Å². The number of anilines is 1. The van der Waals surface area contributed by atoms with Gasteiger partial charge in [-0.05, 0) is 85.0 Å². The Morgan fingerprint density at radius 3 is 2.30 bits per heavy atom. The molecule has 7 nitrogen and oxygen atoms in total. The Kier molecular flexibility index (Phi) is 8.17. The van der Waals surface area contributed by atoms with Crippen molar-refractivity contribution in [3.63, 3.8) is 0 Å². The van der Waals surface area contributed by atoms with Crippen LogP contribution in [0.3, 0.4) is 0 Å². The summed E-state index contributed by atoms with van der Waals surface area (Å²) in [7, 11) is 0. The first-order valence-corrected chi connectivity index (χ1v) is 15.3. The topological polar surface area (TPSA) is 89.0 Å². The smallest absolute Gasteiger partial charge is 0.301 e. The molecule has 1 fully saturated rings. The SMILES string of the molecule is CCCOc1ccc(C(O)=C2C(=O)C(=O)N(c3nc4c(C)cc(C)cc4s3)C2c2ccc(OCc3ccccc3)cc2)cc1. The van der Waals surface area contributed by atoms with Crippen molar-refractivity contribution in [3.8, 4) is 11.5 Å². The van der Waals surface area contributed by atoms with Gasteiger partial charge in [-0.15, -0.1) is 0 Å². The third-order valence-electron chi connectivity index (χ3n) is 7.51. The van der Waals surface area contributed by atoms with Crippen LogP contribution in [-0.4, -0.2) is 28.4 Å². The second kappa shape index (κ2) is 12.3. The Morgan fingerprint density at radius 1 is 0.909 bits per heavy atom. The fourth-order valence-electron chi connectivity index (χ4n) is 5.38. The molecule has 1 amide bonds. The standard InChI is InChI=1S/C36H32N2O5S/c1-4-18-42-27-16-12-26(13-17-27)33(39)30-32(25-10-14-28(15-11-25)43-21-24-8-6-5-7-9-24)38(35(41)34(30)40)36-37-31-23(3)19-22(2)20-29(31)44-36/h5-17,19-20,32,39H,4,18,21H2,1-3H3. The molecular formula is C36H32N2O5S. The highest BCUT2D eigenvalue weighted by atomic mass is 32.1. The summed E-state index contributed by atoms with van der Waals surface area (Å²) in [6.07, 6.45) is 0.867. The lowest BCUT2D eigenvalue weighted by Crippen LogP contribution is -2.29. The molecule has 222 valence electrons. The average molecular weight is 605 g/mol. The van der Waals surface area contributed by atoms with Crippen molar-refractivity contribution in [2.45, 2.75) is 39.8 Å². The summed E-state index contributed by atoms with van der Waals surface area (Å²) < 4.78 is 12.6. The van der Waals surface area contributed by atoms with E-state index in [1.54, 1.807) is 24.3 Å². The lowest BCUT2D eigenvalue weighted by molar-refractivity contribution is -0.132. The third-order valence-corrected chi connectivity index (χ3v) is 8.52. The predicted octanol–water partition coefficient (Wildman–Crippen LogP) is 7.91. The maximum atomic E-state index is 13.7. The zero-order valence-electron chi connectivity index (χ0n) is 24.7. The van der Waals surface area contributed by atoms with Crippen LogP contribution in [0.4, 0.5) is 5.13 Å². The van der Waals surface area contributed by atoms with E-state index in [-0.39, 0.29) is 11.3 Å². The number of aliphatic hydroxyl groups excluding tert-OH is 1. The summed E-state index contributed by atoms with van der Waals surface area (Å²) in [6.45, 7) is 6.99. The number of aliphatic hydroxyl groups is 1. The molecule has 0 aliphatic carbocycles. The Hall–Kier alpha value is -4.95. The highest BCUT2D eigenvalue weighted by Crippen LogP contribution is 2.45. The molecule has 1 aromatic heterocycles.